The normalized spacial score (nSPS) is 23.8. The lowest BCUT2D eigenvalue weighted by atomic mass is 9.99. The second kappa shape index (κ2) is 7.86. The standard InChI is InChI=1S/C6H6F8O2.C6H10O3/c7-3(8,1-15)5(11,12)6(13,14)4(9,10)2-16;1(5-3-8-5)7-2-6-4-9-6/h15-16H,1-2H2;5-6H,1-4H2. The van der Waals surface area contributed by atoms with Gasteiger partial charge in [-0.05, 0) is 0 Å². The van der Waals surface area contributed by atoms with Crippen molar-refractivity contribution in [2.75, 3.05) is 39.6 Å². The molecule has 2 atom stereocenters. The Balaban J connectivity index is 0.000000286. The van der Waals surface area contributed by atoms with Crippen LogP contribution in [0.25, 0.3) is 0 Å². The van der Waals surface area contributed by atoms with E-state index in [1.54, 1.807) is 0 Å². The van der Waals surface area contributed by atoms with Crippen molar-refractivity contribution in [3.8, 4) is 0 Å². The fourth-order valence-electron chi connectivity index (χ4n) is 1.32. The van der Waals surface area contributed by atoms with Gasteiger partial charge >= 0.3 is 23.7 Å². The van der Waals surface area contributed by atoms with Crippen molar-refractivity contribution in [3.63, 3.8) is 0 Å². The van der Waals surface area contributed by atoms with Crippen LogP contribution in [0.4, 0.5) is 35.1 Å². The molecule has 13 heteroatoms. The van der Waals surface area contributed by atoms with Crippen molar-refractivity contribution in [1.82, 2.24) is 0 Å². The molecule has 2 aliphatic heterocycles. The Morgan fingerprint density at radius 1 is 0.720 bits per heavy atom. The van der Waals surface area contributed by atoms with Crippen LogP contribution in [-0.4, -0.2) is 85.8 Å². The maximum Gasteiger partial charge on any atom is 0.380 e. The summed E-state index contributed by atoms with van der Waals surface area (Å²) in [6.07, 6.45) is 0.785. The number of halogens is 8. The number of rotatable bonds is 9. The monoisotopic (exact) mass is 392 g/mol. The summed E-state index contributed by atoms with van der Waals surface area (Å²) in [5.41, 5.74) is 0. The summed E-state index contributed by atoms with van der Waals surface area (Å²) in [6.45, 7) is -2.22. The molecule has 0 aromatic heterocycles. The number of aliphatic hydroxyl groups excluding tert-OH is 2. The molecule has 2 rings (SSSR count). The quantitative estimate of drug-likeness (QED) is 0.457. The SMILES string of the molecule is C(OCC1CO1)C1CO1.OCC(F)(F)C(F)(F)C(F)(F)C(F)(F)CO. The summed E-state index contributed by atoms with van der Waals surface area (Å²) in [5, 5.41) is 15.5. The fraction of sp³-hybridized carbons (Fsp3) is 1.00. The Morgan fingerprint density at radius 2 is 1.00 bits per heavy atom. The van der Waals surface area contributed by atoms with E-state index in [0.717, 1.165) is 26.4 Å². The van der Waals surface area contributed by atoms with Crippen LogP contribution in [0, 0.1) is 0 Å². The molecule has 2 N–H and O–H groups in total. The van der Waals surface area contributed by atoms with Crippen LogP contribution in [0.3, 0.4) is 0 Å². The van der Waals surface area contributed by atoms with E-state index in [1.807, 2.05) is 0 Å². The third kappa shape index (κ3) is 5.36. The second-order valence-electron chi connectivity index (χ2n) is 5.32. The van der Waals surface area contributed by atoms with Gasteiger partial charge in [-0.15, -0.1) is 0 Å². The molecule has 0 radical (unpaired) electrons. The molecule has 0 aromatic rings. The smallest absolute Gasteiger partial charge is 0.380 e. The predicted molar refractivity (Wildman–Crippen MR) is 64.3 cm³/mol. The predicted octanol–water partition coefficient (Wildman–Crippen LogP) is 1.31. The van der Waals surface area contributed by atoms with E-state index in [1.165, 1.54) is 0 Å². The Morgan fingerprint density at radius 3 is 1.20 bits per heavy atom. The van der Waals surface area contributed by atoms with Crippen LogP contribution in [-0.2, 0) is 14.2 Å². The highest BCUT2D eigenvalue weighted by Gasteiger charge is 2.80. The Labute approximate surface area is 136 Å². The first kappa shape index (κ1) is 22.3. The Bertz CT molecular complexity index is 388. The minimum absolute atomic E-state index is 0.392. The largest absolute Gasteiger partial charge is 0.390 e. The highest BCUT2D eigenvalue weighted by Crippen LogP contribution is 2.52. The van der Waals surface area contributed by atoms with Gasteiger partial charge in [-0.25, -0.2) is 0 Å². The molecular weight excluding hydrogens is 376 g/mol. The minimum atomic E-state index is -6.50. The van der Waals surface area contributed by atoms with E-state index in [-0.39, 0.29) is 0 Å². The maximum atomic E-state index is 12.4. The molecule has 0 aliphatic carbocycles. The second-order valence-corrected chi connectivity index (χ2v) is 5.32. The molecule has 0 aromatic carbocycles. The molecule has 2 unspecified atom stereocenters. The average molecular weight is 392 g/mol. The van der Waals surface area contributed by atoms with Gasteiger partial charge in [-0.1, -0.05) is 0 Å². The van der Waals surface area contributed by atoms with Crippen LogP contribution in [0.15, 0.2) is 0 Å². The maximum absolute atomic E-state index is 12.4. The first-order chi connectivity index (χ1) is 11.3. The van der Waals surface area contributed by atoms with E-state index in [9.17, 15) is 35.1 Å². The zero-order chi connectivity index (χ0) is 19.5. The van der Waals surface area contributed by atoms with Crippen molar-refractivity contribution in [2.45, 2.75) is 35.9 Å². The zero-order valence-electron chi connectivity index (χ0n) is 12.5. The lowest BCUT2D eigenvalue weighted by Gasteiger charge is -2.35. The molecule has 5 nitrogen and oxygen atoms in total. The van der Waals surface area contributed by atoms with Crippen LogP contribution in [0.5, 0.6) is 0 Å². The molecule has 0 bridgehead atoms. The summed E-state index contributed by atoms with van der Waals surface area (Å²) in [5.74, 6) is -24.5. The number of aliphatic hydroxyl groups is 2. The van der Waals surface area contributed by atoms with Crippen LogP contribution < -0.4 is 0 Å². The summed E-state index contributed by atoms with van der Waals surface area (Å²) in [7, 11) is 0. The van der Waals surface area contributed by atoms with Gasteiger partial charge in [0.15, 0.2) is 0 Å². The molecule has 0 spiro atoms. The highest BCUT2D eigenvalue weighted by molar-refractivity contribution is 5.03. The van der Waals surface area contributed by atoms with Crippen LogP contribution in [0.2, 0.25) is 0 Å². The van der Waals surface area contributed by atoms with Crippen LogP contribution in [0.1, 0.15) is 0 Å². The van der Waals surface area contributed by atoms with Gasteiger partial charge in [0.25, 0.3) is 0 Å². The molecule has 25 heavy (non-hydrogen) atoms. The van der Waals surface area contributed by atoms with E-state index >= 15 is 0 Å². The lowest BCUT2D eigenvalue weighted by molar-refractivity contribution is -0.373. The van der Waals surface area contributed by atoms with Crippen LogP contribution >= 0.6 is 0 Å². The van der Waals surface area contributed by atoms with Crippen molar-refractivity contribution >= 4 is 0 Å². The van der Waals surface area contributed by atoms with Crippen molar-refractivity contribution in [3.05, 3.63) is 0 Å². The third-order valence-corrected chi connectivity index (χ3v) is 3.12. The number of ether oxygens (including phenoxy) is 3. The van der Waals surface area contributed by atoms with E-state index in [4.69, 9.17) is 24.4 Å². The highest BCUT2D eigenvalue weighted by atomic mass is 19.4. The lowest BCUT2D eigenvalue weighted by Crippen LogP contribution is -2.64. The summed E-state index contributed by atoms with van der Waals surface area (Å²) < 4.78 is 114. The zero-order valence-corrected chi connectivity index (χ0v) is 12.5. The summed E-state index contributed by atoms with van der Waals surface area (Å²) in [4.78, 5) is 0. The van der Waals surface area contributed by atoms with E-state index < -0.39 is 36.9 Å². The molecule has 2 aliphatic rings. The molecule has 2 saturated heterocycles. The minimum Gasteiger partial charge on any atom is -0.390 e. The number of alkyl halides is 8. The molecule has 150 valence electrons. The van der Waals surface area contributed by atoms with Crippen molar-refractivity contribution < 1.29 is 59.5 Å². The van der Waals surface area contributed by atoms with Crippen molar-refractivity contribution in [1.29, 1.82) is 0 Å². The Hall–Kier alpha value is -0.760. The van der Waals surface area contributed by atoms with Gasteiger partial charge in [0.05, 0.1) is 26.4 Å². The van der Waals surface area contributed by atoms with E-state index in [0.29, 0.717) is 12.2 Å². The molecule has 0 saturated carbocycles. The summed E-state index contributed by atoms with van der Waals surface area (Å²) >= 11 is 0. The van der Waals surface area contributed by atoms with Gasteiger partial charge in [0.2, 0.25) is 0 Å². The number of hydrogen-bond donors (Lipinski definition) is 2. The molecular formula is C12H16F8O5. The van der Waals surface area contributed by atoms with Gasteiger partial charge < -0.3 is 24.4 Å². The Kier molecular flexibility index (Phi) is 7.01. The first-order valence-corrected chi connectivity index (χ1v) is 6.86. The first-order valence-electron chi connectivity index (χ1n) is 6.86. The fourth-order valence-corrected chi connectivity index (χ4v) is 1.32. The van der Waals surface area contributed by atoms with Gasteiger partial charge in [0, 0.05) is 0 Å². The average Bonchev–Trinajstić information content (AvgIpc) is 3.42. The molecule has 2 fully saturated rings. The van der Waals surface area contributed by atoms with Gasteiger partial charge in [0.1, 0.15) is 25.4 Å². The van der Waals surface area contributed by atoms with Crippen molar-refractivity contribution in [2.24, 2.45) is 0 Å². The summed E-state index contributed by atoms with van der Waals surface area (Å²) in [6, 6.07) is 0. The third-order valence-electron chi connectivity index (χ3n) is 3.12. The number of epoxide rings is 2. The number of hydrogen-bond acceptors (Lipinski definition) is 5. The molecule has 0 amide bonds. The molecule has 2 heterocycles. The topological polar surface area (TPSA) is 74.8 Å². The van der Waals surface area contributed by atoms with E-state index in [2.05, 4.69) is 0 Å². The van der Waals surface area contributed by atoms with Gasteiger partial charge in [-0.3, -0.25) is 0 Å². The van der Waals surface area contributed by atoms with Gasteiger partial charge in [-0.2, -0.15) is 35.1 Å².